The molecule has 0 aromatic heterocycles. The monoisotopic (exact) mass is 353 g/mol. The third kappa shape index (κ3) is 3.10. The maximum absolute atomic E-state index is 12.7. The second-order valence-corrected chi connectivity index (χ2v) is 6.35. The Morgan fingerprint density at radius 2 is 1.76 bits per heavy atom. The van der Waals surface area contributed by atoms with Gasteiger partial charge in [-0.25, -0.2) is 5.43 Å². The Bertz CT molecular complexity index is 697. The van der Waals surface area contributed by atoms with Crippen molar-refractivity contribution < 1.29 is 18.0 Å². The zero-order chi connectivity index (χ0) is 17.6. The lowest BCUT2D eigenvalue weighted by Gasteiger charge is -2.36. The van der Waals surface area contributed by atoms with Gasteiger partial charge in [0.25, 0.3) is 5.91 Å². The topological polar surface area (TPSA) is 59.6 Å². The van der Waals surface area contributed by atoms with E-state index in [2.05, 4.69) is 21.0 Å². The lowest BCUT2D eigenvalue weighted by Crippen LogP contribution is -2.66. The molecule has 2 unspecified atom stereocenters. The quantitative estimate of drug-likeness (QED) is 0.749. The predicted octanol–water partition coefficient (Wildman–Crippen LogP) is 1.34. The van der Waals surface area contributed by atoms with Crippen LogP contribution < -0.4 is 21.1 Å². The summed E-state index contributed by atoms with van der Waals surface area (Å²) in [5, 5.41) is 7.81. The Morgan fingerprint density at radius 3 is 2.40 bits per heavy atom. The molecule has 0 spiro atoms. The third-order valence-corrected chi connectivity index (χ3v) is 4.68. The predicted molar refractivity (Wildman–Crippen MR) is 84.8 cm³/mol. The van der Waals surface area contributed by atoms with Crippen molar-refractivity contribution in [3.8, 4) is 0 Å². The van der Waals surface area contributed by atoms with Crippen LogP contribution in [0.25, 0.3) is 0 Å². The fourth-order valence-electron chi connectivity index (χ4n) is 3.34. The number of amides is 1. The van der Waals surface area contributed by atoms with Gasteiger partial charge in [0.1, 0.15) is 12.5 Å². The maximum atomic E-state index is 12.7. The van der Waals surface area contributed by atoms with Gasteiger partial charge >= 0.3 is 6.18 Å². The molecule has 2 fully saturated rings. The first-order valence-electron chi connectivity index (χ1n) is 8.17. The van der Waals surface area contributed by atoms with Crippen molar-refractivity contribution in [1.29, 1.82) is 0 Å². The van der Waals surface area contributed by atoms with Crippen LogP contribution in [0.15, 0.2) is 36.0 Å². The van der Waals surface area contributed by atoms with Gasteiger partial charge in [0.15, 0.2) is 0 Å². The van der Waals surface area contributed by atoms with Crippen LogP contribution in [0.2, 0.25) is 0 Å². The Morgan fingerprint density at radius 1 is 1.08 bits per heavy atom. The molecule has 2 saturated heterocycles. The minimum absolute atomic E-state index is 0.178. The van der Waals surface area contributed by atoms with E-state index < -0.39 is 11.7 Å². The lowest BCUT2D eigenvalue weighted by atomic mass is 10.2. The number of fused-ring (bicyclic) bond motifs is 1. The van der Waals surface area contributed by atoms with Gasteiger partial charge in [-0.2, -0.15) is 13.2 Å². The Balaban J connectivity index is 1.49. The molecule has 134 valence electrons. The van der Waals surface area contributed by atoms with Crippen LogP contribution in [0.1, 0.15) is 18.4 Å². The molecule has 1 aromatic carbocycles. The van der Waals surface area contributed by atoms with Gasteiger partial charge in [-0.05, 0) is 37.1 Å². The van der Waals surface area contributed by atoms with Crippen LogP contribution in [0.3, 0.4) is 0 Å². The van der Waals surface area contributed by atoms with Crippen molar-refractivity contribution in [2.75, 3.05) is 18.1 Å². The summed E-state index contributed by atoms with van der Waals surface area (Å²) in [5.74, 6) is -0.178. The molecule has 25 heavy (non-hydrogen) atoms. The zero-order valence-corrected chi connectivity index (χ0v) is 13.3. The number of nitrogens with zero attached hydrogens (tertiary/aromatic N) is 2. The minimum Gasteiger partial charge on any atom is -0.324 e. The second-order valence-electron chi connectivity index (χ2n) is 6.35. The number of likely N-dealkylation sites (tertiary alicyclic amines) is 1. The number of carbonyl (C=O) groups is 1. The van der Waals surface area contributed by atoms with Gasteiger partial charge in [-0.3, -0.25) is 20.0 Å². The molecule has 1 amide bonds. The highest BCUT2D eigenvalue weighted by Crippen LogP contribution is 2.31. The van der Waals surface area contributed by atoms with Gasteiger partial charge < -0.3 is 5.32 Å². The fraction of sp³-hybridized carbons (Fsp3) is 0.438. The molecule has 3 aliphatic heterocycles. The number of anilines is 1. The molecule has 0 bridgehead atoms. The van der Waals surface area contributed by atoms with E-state index in [0.717, 1.165) is 38.1 Å². The summed E-state index contributed by atoms with van der Waals surface area (Å²) in [6.45, 7) is 1.85. The Kier molecular flexibility index (Phi) is 3.94. The number of nitrogens with one attached hydrogen (secondary N) is 3. The highest BCUT2D eigenvalue weighted by Gasteiger charge is 2.39. The summed E-state index contributed by atoms with van der Waals surface area (Å²) in [5.41, 5.74) is 3.45. The maximum Gasteiger partial charge on any atom is 0.416 e. The molecule has 0 aliphatic carbocycles. The first-order chi connectivity index (χ1) is 11.9. The molecule has 3 aliphatic rings. The van der Waals surface area contributed by atoms with Crippen molar-refractivity contribution in [2.24, 2.45) is 0 Å². The average Bonchev–Trinajstić information content (AvgIpc) is 3.24. The van der Waals surface area contributed by atoms with E-state index in [1.165, 1.54) is 12.1 Å². The minimum atomic E-state index is -4.37. The first-order valence-corrected chi connectivity index (χ1v) is 8.17. The van der Waals surface area contributed by atoms with Crippen LogP contribution in [-0.2, 0) is 11.0 Å². The summed E-state index contributed by atoms with van der Waals surface area (Å²) >= 11 is 0. The van der Waals surface area contributed by atoms with Gasteiger partial charge in [0, 0.05) is 19.3 Å². The van der Waals surface area contributed by atoms with Gasteiger partial charge in [-0.1, -0.05) is 0 Å². The van der Waals surface area contributed by atoms with Gasteiger partial charge in [0.05, 0.1) is 16.8 Å². The SMILES string of the molecule is O=C1NC(N2CCCC2)NC2NN(c3ccc(C(F)(F)F)cc3)C=C12. The molecule has 0 saturated carbocycles. The van der Waals surface area contributed by atoms with E-state index in [4.69, 9.17) is 0 Å². The van der Waals surface area contributed by atoms with Crippen molar-refractivity contribution >= 4 is 11.6 Å². The third-order valence-electron chi connectivity index (χ3n) is 4.68. The number of alkyl halides is 3. The van der Waals surface area contributed by atoms with Crippen LogP contribution in [0.4, 0.5) is 18.9 Å². The number of rotatable bonds is 2. The van der Waals surface area contributed by atoms with Crippen LogP contribution in [0.5, 0.6) is 0 Å². The van der Waals surface area contributed by atoms with Crippen LogP contribution in [-0.4, -0.2) is 36.4 Å². The van der Waals surface area contributed by atoms with E-state index in [1.807, 2.05) is 0 Å². The van der Waals surface area contributed by atoms with E-state index >= 15 is 0 Å². The number of halogens is 3. The molecule has 9 heteroatoms. The molecule has 3 N–H and O–H groups in total. The highest BCUT2D eigenvalue weighted by atomic mass is 19.4. The summed E-state index contributed by atoms with van der Waals surface area (Å²) in [6.07, 6.45) is -1.17. The Hall–Kier alpha value is -2.10. The summed E-state index contributed by atoms with van der Waals surface area (Å²) in [7, 11) is 0. The molecule has 4 rings (SSSR count). The van der Waals surface area contributed by atoms with E-state index in [-0.39, 0.29) is 18.4 Å². The number of hydrogen-bond donors (Lipinski definition) is 3. The summed E-state index contributed by atoms with van der Waals surface area (Å²) < 4.78 is 38.0. The standard InChI is InChI=1S/C16H18F3N5O/c17-16(18,19)10-3-5-11(6-4-10)24-9-12-13(22-24)20-15(21-14(12)25)23-7-1-2-8-23/h3-6,9,13,15,20,22H,1-2,7-8H2,(H,21,25). The van der Waals surface area contributed by atoms with Crippen molar-refractivity contribution in [3.63, 3.8) is 0 Å². The number of carbonyl (C=O) groups excluding carboxylic acids is 1. The fourth-order valence-corrected chi connectivity index (χ4v) is 3.34. The van der Waals surface area contributed by atoms with E-state index in [1.54, 1.807) is 11.2 Å². The van der Waals surface area contributed by atoms with Crippen molar-refractivity contribution in [3.05, 3.63) is 41.6 Å². The number of benzene rings is 1. The Labute approximate surface area is 142 Å². The van der Waals surface area contributed by atoms with E-state index in [9.17, 15) is 18.0 Å². The highest BCUT2D eigenvalue weighted by molar-refractivity contribution is 5.96. The molecule has 2 atom stereocenters. The molecular formula is C16H18F3N5O. The van der Waals surface area contributed by atoms with E-state index in [0.29, 0.717) is 11.3 Å². The molecule has 6 nitrogen and oxygen atoms in total. The van der Waals surface area contributed by atoms with Crippen molar-refractivity contribution in [1.82, 2.24) is 21.0 Å². The van der Waals surface area contributed by atoms with Gasteiger partial charge in [0.2, 0.25) is 0 Å². The largest absolute Gasteiger partial charge is 0.416 e. The first kappa shape index (κ1) is 16.4. The normalized spacial score (nSPS) is 27.2. The zero-order valence-electron chi connectivity index (χ0n) is 13.3. The molecular weight excluding hydrogens is 335 g/mol. The smallest absolute Gasteiger partial charge is 0.324 e. The van der Waals surface area contributed by atoms with Crippen LogP contribution >= 0.6 is 0 Å². The van der Waals surface area contributed by atoms with Crippen LogP contribution in [0, 0.1) is 0 Å². The summed E-state index contributed by atoms with van der Waals surface area (Å²) in [6, 6.07) is 4.80. The second kappa shape index (κ2) is 6.01. The van der Waals surface area contributed by atoms with Crippen molar-refractivity contribution in [2.45, 2.75) is 31.5 Å². The lowest BCUT2D eigenvalue weighted by molar-refractivity contribution is -0.137. The summed E-state index contributed by atoms with van der Waals surface area (Å²) in [4.78, 5) is 14.5. The average molecular weight is 353 g/mol. The molecule has 1 aromatic rings. The molecule has 0 radical (unpaired) electrons. The number of hydrazine groups is 1. The molecule has 3 heterocycles. The number of hydrogen-bond acceptors (Lipinski definition) is 5. The van der Waals surface area contributed by atoms with Gasteiger partial charge in [-0.15, -0.1) is 0 Å².